The summed E-state index contributed by atoms with van der Waals surface area (Å²) in [5, 5.41) is 9.29. The van der Waals surface area contributed by atoms with Gasteiger partial charge >= 0.3 is 12.1 Å². The van der Waals surface area contributed by atoms with Gasteiger partial charge in [-0.25, -0.2) is 4.79 Å². The van der Waals surface area contributed by atoms with E-state index in [9.17, 15) is 23.1 Å². The molecule has 0 aliphatic carbocycles. The van der Waals surface area contributed by atoms with Crippen LogP contribution in [0.4, 0.5) is 13.2 Å². The highest BCUT2D eigenvalue weighted by molar-refractivity contribution is 5.92. The summed E-state index contributed by atoms with van der Waals surface area (Å²) in [4.78, 5) is 11.5. The molecular weight excluding hydrogens is 277 g/mol. The van der Waals surface area contributed by atoms with E-state index in [0.29, 0.717) is 6.92 Å². The fourth-order valence-corrected chi connectivity index (χ4v) is 1.34. The van der Waals surface area contributed by atoms with Crippen molar-refractivity contribution in [3.8, 4) is 5.75 Å². The molecule has 1 atom stereocenters. The molecule has 7 heteroatoms. The Kier molecular flexibility index (Phi) is 4.65. The highest BCUT2D eigenvalue weighted by atomic mass is 19.4. The Hall–Kier alpha value is -1.76. The first-order valence-electron chi connectivity index (χ1n) is 5.69. The van der Waals surface area contributed by atoms with Gasteiger partial charge in [0.15, 0.2) is 5.60 Å². The number of alkyl halides is 3. The quantitative estimate of drug-likeness (QED) is 0.866. The summed E-state index contributed by atoms with van der Waals surface area (Å²) in [6.45, 7) is 1.28. The van der Waals surface area contributed by atoms with Gasteiger partial charge in [0.05, 0.1) is 7.11 Å². The molecule has 0 amide bonds. The van der Waals surface area contributed by atoms with Crippen molar-refractivity contribution in [2.45, 2.75) is 25.6 Å². The molecule has 112 valence electrons. The van der Waals surface area contributed by atoms with Crippen LogP contribution >= 0.6 is 0 Å². The molecule has 0 saturated heterocycles. The van der Waals surface area contributed by atoms with Gasteiger partial charge in [0.1, 0.15) is 17.9 Å². The number of aryl methyl sites for hydroxylation is 1. The molecule has 20 heavy (non-hydrogen) atoms. The topological polar surface area (TPSA) is 55.8 Å². The van der Waals surface area contributed by atoms with Gasteiger partial charge in [0.25, 0.3) is 0 Å². The number of halogens is 3. The van der Waals surface area contributed by atoms with Gasteiger partial charge < -0.3 is 14.6 Å². The second-order valence-corrected chi connectivity index (χ2v) is 4.55. The van der Waals surface area contributed by atoms with Gasteiger partial charge in [0.2, 0.25) is 0 Å². The van der Waals surface area contributed by atoms with E-state index in [4.69, 9.17) is 4.74 Å². The largest absolute Gasteiger partial charge is 0.489 e. The van der Waals surface area contributed by atoms with Crippen LogP contribution in [0, 0.1) is 6.92 Å². The molecule has 1 aromatic rings. The first kappa shape index (κ1) is 16.3. The van der Waals surface area contributed by atoms with Crippen LogP contribution in [0.25, 0.3) is 0 Å². The molecule has 0 aromatic heterocycles. The van der Waals surface area contributed by atoms with Crippen molar-refractivity contribution in [2.24, 2.45) is 0 Å². The van der Waals surface area contributed by atoms with Crippen LogP contribution in [0.1, 0.15) is 22.8 Å². The molecule has 4 nitrogen and oxygen atoms in total. The normalized spacial score (nSPS) is 14.6. The minimum absolute atomic E-state index is 0.00507. The number of carbonyl (C=O) groups is 1. The highest BCUT2D eigenvalue weighted by Gasteiger charge is 2.50. The van der Waals surface area contributed by atoms with E-state index in [-0.39, 0.29) is 11.3 Å². The number of hydrogen-bond acceptors (Lipinski definition) is 4. The van der Waals surface area contributed by atoms with Crippen molar-refractivity contribution in [1.29, 1.82) is 0 Å². The zero-order valence-electron chi connectivity index (χ0n) is 11.2. The fourth-order valence-electron chi connectivity index (χ4n) is 1.34. The van der Waals surface area contributed by atoms with Crippen LogP contribution in [-0.4, -0.2) is 36.6 Å². The average Bonchev–Trinajstić information content (AvgIpc) is 2.35. The number of rotatable bonds is 4. The SMILES string of the molecule is COC(=O)c1cc(C)ccc1OCC(C)(O)C(F)(F)F. The maximum absolute atomic E-state index is 12.5. The summed E-state index contributed by atoms with van der Waals surface area (Å²) in [5.74, 6) is -0.803. The van der Waals surface area contributed by atoms with Crippen molar-refractivity contribution < 1.29 is 32.5 Å². The van der Waals surface area contributed by atoms with Crippen molar-refractivity contribution >= 4 is 5.97 Å². The number of ether oxygens (including phenoxy) is 2. The monoisotopic (exact) mass is 292 g/mol. The fraction of sp³-hybridized carbons (Fsp3) is 0.462. The van der Waals surface area contributed by atoms with Gasteiger partial charge in [-0.15, -0.1) is 0 Å². The summed E-state index contributed by atoms with van der Waals surface area (Å²) in [7, 11) is 1.15. The zero-order valence-corrected chi connectivity index (χ0v) is 11.2. The lowest BCUT2D eigenvalue weighted by Crippen LogP contribution is -2.47. The molecule has 0 spiro atoms. The third-order valence-electron chi connectivity index (χ3n) is 2.66. The second-order valence-electron chi connectivity index (χ2n) is 4.55. The van der Waals surface area contributed by atoms with Gasteiger partial charge in [-0.2, -0.15) is 13.2 Å². The molecule has 0 bridgehead atoms. The first-order chi connectivity index (χ1) is 9.08. The lowest BCUT2D eigenvalue weighted by molar-refractivity contribution is -0.260. The van der Waals surface area contributed by atoms with Crippen molar-refractivity contribution in [2.75, 3.05) is 13.7 Å². The Bertz CT molecular complexity index is 495. The number of methoxy groups -OCH3 is 1. The molecule has 1 N–H and O–H groups in total. The highest BCUT2D eigenvalue weighted by Crippen LogP contribution is 2.31. The third-order valence-corrected chi connectivity index (χ3v) is 2.66. The third kappa shape index (κ3) is 3.63. The molecule has 0 heterocycles. The Morgan fingerprint density at radius 2 is 1.95 bits per heavy atom. The van der Waals surface area contributed by atoms with Gasteiger partial charge in [-0.05, 0) is 26.0 Å². The molecular formula is C13H15F3O4. The smallest absolute Gasteiger partial charge is 0.420 e. The second kappa shape index (κ2) is 5.70. The first-order valence-corrected chi connectivity index (χ1v) is 5.69. The Labute approximate surface area is 114 Å². The van der Waals surface area contributed by atoms with E-state index in [0.717, 1.165) is 12.7 Å². The zero-order chi connectivity index (χ0) is 15.6. The number of esters is 1. The minimum atomic E-state index is -4.83. The lowest BCUT2D eigenvalue weighted by Gasteiger charge is -2.26. The summed E-state index contributed by atoms with van der Waals surface area (Å²) in [6, 6.07) is 4.36. The van der Waals surface area contributed by atoms with Crippen LogP contribution in [0.3, 0.4) is 0 Å². The van der Waals surface area contributed by atoms with Crippen LogP contribution in [-0.2, 0) is 4.74 Å². The maximum atomic E-state index is 12.5. The molecule has 0 aliphatic heterocycles. The van der Waals surface area contributed by atoms with E-state index in [1.165, 1.54) is 12.1 Å². The molecule has 0 radical (unpaired) electrons. The van der Waals surface area contributed by atoms with Gasteiger partial charge in [-0.1, -0.05) is 11.6 Å². The molecule has 1 aromatic carbocycles. The summed E-state index contributed by atoms with van der Waals surface area (Å²) < 4.78 is 47.0. The van der Waals surface area contributed by atoms with Crippen LogP contribution in [0.15, 0.2) is 18.2 Å². The molecule has 0 saturated carbocycles. The van der Waals surface area contributed by atoms with Crippen molar-refractivity contribution in [3.05, 3.63) is 29.3 Å². The van der Waals surface area contributed by atoms with Crippen LogP contribution < -0.4 is 4.74 Å². The Balaban J connectivity index is 2.96. The predicted octanol–water partition coefficient (Wildman–Crippen LogP) is 2.47. The van der Waals surface area contributed by atoms with Crippen LogP contribution in [0.5, 0.6) is 5.75 Å². The lowest BCUT2D eigenvalue weighted by atomic mass is 10.1. The van der Waals surface area contributed by atoms with E-state index >= 15 is 0 Å². The van der Waals surface area contributed by atoms with E-state index in [1.54, 1.807) is 13.0 Å². The van der Waals surface area contributed by atoms with E-state index in [1.807, 2.05) is 0 Å². The average molecular weight is 292 g/mol. The molecule has 0 fully saturated rings. The predicted molar refractivity (Wildman–Crippen MR) is 64.7 cm³/mol. The van der Waals surface area contributed by atoms with Gasteiger partial charge in [-0.3, -0.25) is 0 Å². The minimum Gasteiger partial charge on any atom is -0.489 e. The number of aliphatic hydroxyl groups is 1. The van der Waals surface area contributed by atoms with E-state index < -0.39 is 24.4 Å². The Morgan fingerprint density at radius 1 is 1.35 bits per heavy atom. The molecule has 0 aliphatic rings. The van der Waals surface area contributed by atoms with Crippen molar-refractivity contribution in [1.82, 2.24) is 0 Å². The number of carbonyl (C=O) groups excluding carboxylic acids is 1. The molecule has 1 unspecified atom stereocenters. The summed E-state index contributed by atoms with van der Waals surface area (Å²) >= 11 is 0. The molecule has 1 rings (SSSR count). The van der Waals surface area contributed by atoms with Crippen molar-refractivity contribution in [3.63, 3.8) is 0 Å². The van der Waals surface area contributed by atoms with Crippen LogP contribution in [0.2, 0.25) is 0 Å². The summed E-state index contributed by atoms with van der Waals surface area (Å²) in [5.41, 5.74) is -2.28. The summed E-state index contributed by atoms with van der Waals surface area (Å²) in [6.07, 6.45) is -4.83. The number of benzene rings is 1. The van der Waals surface area contributed by atoms with E-state index in [2.05, 4.69) is 4.74 Å². The Morgan fingerprint density at radius 3 is 2.45 bits per heavy atom. The maximum Gasteiger partial charge on any atom is 0.420 e. The standard InChI is InChI=1S/C13H15F3O4/c1-8-4-5-10(9(6-8)11(17)19-3)20-7-12(2,18)13(14,15)16/h4-6,18H,7H2,1-3H3. The van der Waals surface area contributed by atoms with Gasteiger partial charge in [0, 0.05) is 0 Å². The number of hydrogen-bond donors (Lipinski definition) is 1.